The van der Waals surface area contributed by atoms with Crippen LogP contribution in [0.4, 0.5) is 36.3 Å². The topological polar surface area (TPSA) is 97.0 Å². The number of nitrogens with one attached hydrogen (secondary N) is 3. The number of methoxy groups -OCH3 is 2. The Morgan fingerprint density at radius 3 is 2.26 bits per heavy atom. The number of hydrogen-bond donors (Lipinski definition) is 3. The van der Waals surface area contributed by atoms with Crippen molar-refractivity contribution < 1.29 is 22.6 Å². The van der Waals surface area contributed by atoms with E-state index in [1.165, 1.54) is 26.4 Å². The number of alkyl halides is 3. The lowest BCUT2D eigenvalue weighted by Crippen LogP contribution is -2.05. The molecule has 3 N–H and O–H groups in total. The van der Waals surface area contributed by atoms with Crippen LogP contribution in [0, 0.1) is 0 Å². The number of aromatic amines is 1. The molecule has 0 aliphatic carbocycles. The lowest BCUT2D eigenvalue weighted by Gasteiger charge is -2.15. The Morgan fingerprint density at radius 1 is 0.829 bits per heavy atom. The highest BCUT2D eigenvalue weighted by Crippen LogP contribution is 2.36. The summed E-state index contributed by atoms with van der Waals surface area (Å²) in [5.74, 6) is 1.63. The van der Waals surface area contributed by atoms with E-state index in [1.807, 2.05) is 18.2 Å². The van der Waals surface area contributed by atoms with Gasteiger partial charge in [0.1, 0.15) is 5.82 Å². The average molecular weight is 480 g/mol. The molecule has 0 atom stereocenters. The van der Waals surface area contributed by atoms with Crippen LogP contribution in [0.2, 0.25) is 0 Å². The first kappa shape index (κ1) is 22.3. The third-order valence-electron chi connectivity index (χ3n) is 5.37. The second-order valence-electron chi connectivity index (χ2n) is 7.62. The Balaban J connectivity index is 1.57. The van der Waals surface area contributed by atoms with Crippen molar-refractivity contribution in [3.05, 3.63) is 66.4 Å². The van der Waals surface area contributed by atoms with E-state index in [4.69, 9.17) is 9.47 Å². The summed E-state index contributed by atoms with van der Waals surface area (Å²) < 4.78 is 49.6. The molecule has 0 saturated carbocycles. The maximum atomic E-state index is 12.9. The van der Waals surface area contributed by atoms with E-state index in [1.54, 1.807) is 18.3 Å². The van der Waals surface area contributed by atoms with Crippen molar-refractivity contribution >= 4 is 44.9 Å². The number of anilines is 4. The summed E-state index contributed by atoms with van der Waals surface area (Å²) in [6, 6.07) is 13.8. The van der Waals surface area contributed by atoms with Crippen LogP contribution in [0.3, 0.4) is 0 Å². The zero-order valence-corrected chi connectivity index (χ0v) is 18.6. The molecule has 5 aromatic rings. The number of rotatable bonds is 6. The normalized spacial score (nSPS) is 11.6. The van der Waals surface area contributed by atoms with Gasteiger partial charge in [0.25, 0.3) is 0 Å². The van der Waals surface area contributed by atoms with Gasteiger partial charge >= 0.3 is 6.18 Å². The number of ether oxygens (including phenoxy) is 2. The predicted octanol–water partition coefficient (Wildman–Crippen LogP) is 6.03. The van der Waals surface area contributed by atoms with Crippen LogP contribution < -0.4 is 20.1 Å². The number of nitrogens with zero attached hydrogens (tertiary/aromatic N) is 3. The molecule has 0 amide bonds. The molecule has 178 valence electrons. The number of fused-ring (bicyclic) bond motifs is 2. The van der Waals surface area contributed by atoms with E-state index >= 15 is 0 Å². The van der Waals surface area contributed by atoms with Crippen molar-refractivity contribution in [1.29, 1.82) is 0 Å². The molecule has 0 spiro atoms. The number of hydrogen-bond acceptors (Lipinski definition) is 7. The van der Waals surface area contributed by atoms with Crippen molar-refractivity contribution in [1.82, 2.24) is 20.2 Å². The standard InChI is InChI=1S/C24H19F3N6O2/c1-34-20-10-17-19(11-21(20)35-2)31-23(30-15-5-3-14(4-6-15)24(25,26)27)32-22(17)29-16-7-8-18-13(9-16)12-28-33-18/h3-12H,1-2H3,(H,28,33)(H2,29,30,31,32). The van der Waals surface area contributed by atoms with Gasteiger partial charge in [-0.2, -0.15) is 23.3 Å². The maximum Gasteiger partial charge on any atom is 0.416 e. The Morgan fingerprint density at radius 2 is 1.54 bits per heavy atom. The summed E-state index contributed by atoms with van der Waals surface area (Å²) in [5, 5.41) is 14.8. The van der Waals surface area contributed by atoms with Gasteiger partial charge in [-0.25, -0.2) is 4.98 Å². The fraction of sp³-hybridized carbons (Fsp3) is 0.125. The lowest BCUT2D eigenvalue weighted by atomic mass is 10.2. The van der Waals surface area contributed by atoms with Crippen molar-refractivity contribution in [2.75, 3.05) is 24.9 Å². The second kappa shape index (κ2) is 8.67. The van der Waals surface area contributed by atoms with Gasteiger partial charge in [0.05, 0.1) is 37.0 Å². The third-order valence-corrected chi connectivity index (χ3v) is 5.37. The number of aromatic nitrogens is 4. The molecule has 0 unspecified atom stereocenters. The highest BCUT2D eigenvalue weighted by molar-refractivity contribution is 5.95. The molecule has 35 heavy (non-hydrogen) atoms. The second-order valence-corrected chi connectivity index (χ2v) is 7.62. The Kier molecular flexibility index (Phi) is 5.51. The predicted molar refractivity (Wildman–Crippen MR) is 127 cm³/mol. The van der Waals surface area contributed by atoms with Gasteiger partial charge in [-0.15, -0.1) is 0 Å². The fourth-order valence-corrected chi connectivity index (χ4v) is 3.64. The van der Waals surface area contributed by atoms with E-state index in [-0.39, 0.29) is 5.95 Å². The highest BCUT2D eigenvalue weighted by Gasteiger charge is 2.30. The van der Waals surface area contributed by atoms with Gasteiger partial charge in [0.15, 0.2) is 11.5 Å². The molecular weight excluding hydrogens is 461 g/mol. The lowest BCUT2D eigenvalue weighted by molar-refractivity contribution is -0.137. The van der Waals surface area contributed by atoms with Crippen LogP contribution >= 0.6 is 0 Å². The van der Waals surface area contributed by atoms with Crippen LogP contribution in [-0.2, 0) is 6.18 Å². The molecule has 5 rings (SSSR count). The summed E-state index contributed by atoms with van der Waals surface area (Å²) in [6.07, 6.45) is -2.70. The number of H-pyrrole nitrogens is 1. The molecule has 11 heteroatoms. The van der Waals surface area contributed by atoms with Crippen LogP contribution in [0.5, 0.6) is 11.5 Å². The van der Waals surface area contributed by atoms with Crippen molar-refractivity contribution in [3.8, 4) is 11.5 Å². The van der Waals surface area contributed by atoms with E-state index in [9.17, 15) is 13.2 Å². The summed E-state index contributed by atoms with van der Waals surface area (Å²) in [5.41, 5.74) is 1.85. The summed E-state index contributed by atoms with van der Waals surface area (Å²) in [4.78, 5) is 9.12. The van der Waals surface area contributed by atoms with Crippen LogP contribution in [0.15, 0.2) is 60.8 Å². The molecule has 3 aromatic carbocycles. The van der Waals surface area contributed by atoms with Gasteiger partial charge < -0.3 is 20.1 Å². The summed E-state index contributed by atoms with van der Waals surface area (Å²) >= 11 is 0. The minimum atomic E-state index is -4.42. The van der Waals surface area contributed by atoms with Crippen LogP contribution in [0.25, 0.3) is 21.8 Å². The van der Waals surface area contributed by atoms with Gasteiger partial charge in [0, 0.05) is 28.2 Å². The first-order valence-electron chi connectivity index (χ1n) is 10.4. The van der Waals surface area contributed by atoms with E-state index in [0.717, 1.165) is 28.7 Å². The molecule has 0 fully saturated rings. The zero-order chi connectivity index (χ0) is 24.6. The minimum Gasteiger partial charge on any atom is -0.493 e. The minimum absolute atomic E-state index is 0.191. The summed E-state index contributed by atoms with van der Waals surface area (Å²) in [6.45, 7) is 0. The van der Waals surface area contributed by atoms with Gasteiger partial charge in [-0.3, -0.25) is 5.10 Å². The fourth-order valence-electron chi connectivity index (χ4n) is 3.64. The van der Waals surface area contributed by atoms with Crippen molar-refractivity contribution in [2.45, 2.75) is 6.18 Å². The molecule has 0 aliphatic heterocycles. The molecule has 0 saturated heterocycles. The average Bonchev–Trinajstić information content (AvgIpc) is 3.31. The Labute approximate surface area is 197 Å². The SMILES string of the molecule is COc1cc2nc(Nc3ccc(C(F)(F)F)cc3)nc(Nc3ccc4[nH]ncc4c3)c2cc1OC. The quantitative estimate of drug-likeness (QED) is 0.273. The molecule has 2 aromatic heterocycles. The van der Waals surface area contributed by atoms with E-state index < -0.39 is 11.7 Å². The van der Waals surface area contributed by atoms with Crippen molar-refractivity contribution in [3.63, 3.8) is 0 Å². The first-order chi connectivity index (χ1) is 16.8. The van der Waals surface area contributed by atoms with Crippen LogP contribution in [0.1, 0.15) is 5.56 Å². The number of halogens is 3. The highest BCUT2D eigenvalue weighted by atomic mass is 19.4. The third kappa shape index (κ3) is 4.47. The maximum absolute atomic E-state index is 12.9. The van der Waals surface area contributed by atoms with Crippen molar-refractivity contribution in [2.24, 2.45) is 0 Å². The molecule has 8 nitrogen and oxygen atoms in total. The van der Waals surface area contributed by atoms with E-state index in [2.05, 4.69) is 30.8 Å². The van der Waals surface area contributed by atoms with Gasteiger partial charge in [-0.05, 0) is 48.5 Å². The monoisotopic (exact) mass is 480 g/mol. The largest absolute Gasteiger partial charge is 0.493 e. The Bertz CT molecular complexity index is 1520. The zero-order valence-electron chi connectivity index (χ0n) is 18.6. The number of benzene rings is 3. The van der Waals surface area contributed by atoms with Gasteiger partial charge in [-0.1, -0.05) is 0 Å². The molecule has 0 radical (unpaired) electrons. The molecule has 0 bridgehead atoms. The Hall–Kier alpha value is -4.54. The first-order valence-corrected chi connectivity index (χ1v) is 10.4. The molecule has 0 aliphatic rings. The molecular formula is C24H19F3N6O2. The molecule has 2 heterocycles. The van der Waals surface area contributed by atoms with Crippen LogP contribution in [-0.4, -0.2) is 34.4 Å². The smallest absolute Gasteiger partial charge is 0.416 e. The van der Waals surface area contributed by atoms with E-state index in [0.29, 0.717) is 33.9 Å². The summed E-state index contributed by atoms with van der Waals surface area (Å²) in [7, 11) is 3.05. The van der Waals surface area contributed by atoms with Gasteiger partial charge in [0.2, 0.25) is 5.95 Å².